The molecule has 0 heterocycles. The van der Waals surface area contributed by atoms with Crippen LogP contribution in [0.3, 0.4) is 0 Å². The first kappa shape index (κ1) is 18.3. The van der Waals surface area contributed by atoms with Crippen LogP contribution in [0, 0.1) is 5.92 Å². The molecule has 0 radical (unpaired) electrons. The predicted molar refractivity (Wildman–Crippen MR) is 66.1 cm³/mol. The van der Waals surface area contributed by atoms with E-state index in [2.05, 4.69) is 45.1 Å². The Morgan fingerprint density at radius 3 is 1.69 bits per heavy atom. The van der Waals surface area contributed by atoms with Crippen LogP contribution in [0.2, 0.25) is 0 Å². The Bertz CT molecular complexity index is 96.6. The standard InChI is InChI=1S/C9H16.2C2H6/c1-4-5-6-7-8-9(2)3;2*1-2/h5-9H,4H2,1-3H3;2*1-2H3/b6-5-,8-7-;;. The molecule has 0 aliphatic rings. The van der Waals surface area contributed by atoms with Gasteiger partial charge in [-0.3, -0.25) is 0 Å². The first-order chi connectivity index (χ1) is 6.27. The summed E-state index contributed by atoms with van der Waals surface area (Å²) in [6.45, 7) is 14.5. The Labute approximate surface area is 85.8 Å². The minimum absolute atomic E-state index is 0.673. The normalized spacial score (nSPS) is 9.54. The van der Waals surface area contributed by atoms with Crippen molar-refractivity contribution in [2.75, 3.05) is 0 Å². The van der Waals surface area contributed by atoms with Crippen molar-refractivity contribution in [3.63, 3.8) is 0 Å². The van der Waals surface area contributed by atoms with Crippen molar-refractivity contribution in [3.05, 3.63) is 24.3 Å². The summed E-state index contributed by atoms with van der Waals surface area (Å²) in [6, 6.07) is 0. The van der Waals surface area contributed by atoms with Gasteiger partial charge in [-0.05, 0) is 12.3 Å². The summed E-state index contributed by atoms with van der Waals surface area (Å²) in [4.78, 5) is 0. The highest BCUT2D eigenvalue weighted by Gasteiger charge is 1.78. The molecule has 0 aromatic heterocycles. The van der Waals surface area contributed by atoms with E-state index < -0.39 is 0 Å². The number of allylic oxidation sites excluding steroid dienone is 4. The topological polar surface area (TPSA) is 0 Å². The molecule has 0 bridgehead atoms. The van der Waals surface area contributed by atoms with Crippen LogP contribution in [0.25, 0.3) is 0 Å². The highest BCUT2D eigenvalue weighted by molar-refractivity contribution is 5.02. The summed E-state index contributed by atoms with van der Waals surface area (Å²) in [5.74, 6) is 0.673. The van der Waals surface area contributed by atoms with Gasteiger partial charge in [0.1, 0.15) is 0 Å². The molecule has 0 aromatic rings. The van der Waals surface area contributed by atoms with Crippen LogP contribution in [0.5, 0.6) is 0 Å². The molecule has 13 heavy (non-hydrogen) atoms. The SMILES string of the molecule is CC.CC.CC/C=C\C=C/C(C)C. The van der Waals surface area contributed by atoms with Crippen molar-refractivity contribution in [1.29, 1.82) is 0 Å². The second-order valence-corrected chi connectivity index (χ2v) is 2.47. The number of hydrogen-bond donors (Lipinski definition) is 0. The lowest BCUT2D eigenvalue weighted by Crippen LogP contribution is -1.74. The molecule has 0 heteroatoms. The maximum Gasteiger partial charge on any atom is -0.0287 e. The molecule has 80 valence electrons. The fourth-order valence-electron chi connectivity index (χ4n) is 0.501. The molecule has 0 unspecified atom stereocenters. The van der Waals surface area contributed by atoms with E-state index in [-0.39, 0.29) is 0 Å². The molecule has 0 atom stereocenters. The molecule has 0 nitrogen and oxygen atoms in total. The third kappa shape index (κ3) is 34.4. The third-order valence-corrected chi connectivity index (χ3v) is 0.979. The smallest absolute Gasteiger partial charge is 0.0287 e. The number of hydrogen-bond acceptors (Lipinski definition) is 0. The number of rotatable bonds is 3. The Morgan fingerprint density at radius 2 is 1.38 bits per heavy atom. The van der Waals surface area contributed by atoms with Gasteiger partial charge in [-0.2, -0.15) is 0 Å². The van der Waals surface area contributed by atoms with Crippen LogP contribution < -0.4 is 0 Å². The Morgan fingerprint density at radius 1 is 0.923 bits per heavy atom. The second kappa shape index (κ2) is 22.5. The highest BCUT2D eigenvalue weighted by atomic mass is 13.8. The van der Waals surface area contributed by atoms with Crippen LogP contribution in [0.15, 0.2) is 24.3 Å². The second-order valence-electron chi connectivity index (χ2n) is 2.47. The van der Waals surface area contributed by atoms with Crippen molar-refractivity contribution in [3.8, 4) is 0 Å². The fraction of sp³-hybridized carbons (Fsp3) is 0.692. The van der Waals surface area contributed by atoms with Crippen molar-refractivity contribution >= 4 is 0 Å². The van der Waals surface area contributed by atoms with E-state index in [0.717, 1.165) is 6.42 Å². The average molecular weight is 184 g/mol. The molecule has 0 aromatic carbocycles. The zero-order valence-corrected chi connectivity index (χ0v) is 10.6. The minimum Gasteiger partial charge on any atom is -0.0848 e. The van der Waals surface area contributed by atoms with E-state index in [4.69, 9.17) is 0 Å². The van der Waals surface area contributed by atoms with Crippen LogP contribution in [-0.2, 0) is 0 Å². The predicted octanol–water partition coefficient (Wildman–Crippen LogP) is 5.22. The van der Waals surface area contributed by atoms with Gasteiger partial charge < -0.3 is 0 Å². The summed E-state index contributed by atoms with van der Waals surface area (Å²) in [7, 11) is 0. The van der Waals surface area contributed by atoms with Gasteiger partial charge in [-0.15, -0.1) is 0 Å². The molecule has 0 N–H and O–H groups in total. The highest BCUT2D eigenvalue weighted by Crippen LogP contribution is 1.93. The van der Waals surface area contributed by atoms with Gasteiger partial charge in [0.05, 0.1) is 0 Å². The quantitative estimate of drug-likeness (QED) is 0.528. The van der Waals surface area contributed by atoms with Crippen LogP contribution >= 0.6 is 0 Å². The molecule has 0 saturated heterocycles. The van der Waals surface area contributed by atoms with Crippen LogP contribution in [-0.4, -0.2) is 0 Å². The van der Waals surface area contributed by atoms with E-state index in [1.54, 1.807) is 0 Å². The van der Waals surface area contributed by atoms with E-state index in [9.17, 15) is 0 Å². The lowest BCUT2D eigenvalue weighted by atomic mass is 10.2. The largest absolute Gasteiger partial charge is 0.0848 e. The third-order valence-electron chi connectivity index (χ3n) is 0.979. The van der Waals surface area contributed by atoms with Gasteiger partial charge >= 0.3 is 0 Å². The maximum absolute atomic E-state index is 2.19. The molecule has 0 saturated carbocycles. The van der Waals surface area contributed by atoms with Crippen LogP contribution in [0.1, 0.15) is 54.9 Å². The maximum atomic E-state index is 2.19. The van der Waals surface area contributed by atoms with Crippen molar-refractivity contribution in [1.82, 2.24) is 0 Å². The van der Waals surface area contributed by atoms with Crippen molar-refractivity contribution in [2.45, 2.75) is 54.9 Å². The van der Waals surface area contributed by atoms with E-state index in [1.807, 2.05) is 27.7 Å². The zero-order valence-electron chi connectivity index (χ0n) is 10.6. The first-order valence-corrected chi connectivity index (χ1v) is 5.60. The molecule has 0 amide bonds. The lowest BCUT2D eigenvalue weighted by Gasteiger charge is -1.88. The Balaban J connectivity index is -0.000000218. The van der Waals surface area contributed by atoms with Gasteiger partial charge in [-0.25, -0.2) is 0 Å². The summed E-state index contributed by atoms with van der Waals surface area (Å²) in [6.07, 6.45) is 9.67. The molecule has 0 fully saturated rings. The Hall–Kier alpha value is -0.520. The minimum atomic E-state index is 0.673. The van der Waals surface area contributed by atoms with Gasteiger partial charge in [0, 0.05) is 0 Å². The summed E-state index contributed by atoms with van der Waals surface area (Å²) >= 11 is 0. The van der Waals surface area contributed by atoms with Gasteiger partial charge in [0.25, 0.3) is 0 Å². The van der Waals surface area contributed by atoms with Gasteiger partial charge in [-0.1, -0.05) is 72.8 Å². The first-order valence-electron chi connectivity index (χ1n) is 5.60. The van der Waals surface area contributed by atoms with Crippen molar-refractivity contribution < 1.29 is 0 Å². The van der Waals surface area contributed by atoms with E-state index >= 15 is 0 Å². The Kier molecular flexibility index (Phi) is 31.7. The van der Waals surface area contributed by atoms with Crippen molar-refractivity contribution in [2.24, 2.45) is 5.92 Å². The van der Waals surface area contributed by atoms with Gasteiger partial charge in [0.2, 0.25) is 0 Å². The summed E-state index contributed by atoms with van der Waals surface area (Å²) < 4.78 is 0. The summed E-state index contributed by atoms with van der Waals surface area (Å²) in [5.41, 5.74) is 0. The molecular weight excluding hydrogens is 156 g/mol. The van der Waals surface area contributed by atoms with E-state index in [0.29, 0.717) is 5.92 Å². The molecule has 0 aliphatic carbocycles. The molecule has 0 spiro atoms. The van der Waals surface area contributed by atoms with Crippen LogP contribution in [0.4, 0.5) is 0 Å². The van der Waals surface area contributed by atoms with E-state index in [1.165, 1.54) is 0 Å². The monoisotopic (exact) mass is 184 g/mol. The average Bonchev–Trinajstić information content (AvgIpc) is 2.19. The molecular formula is C13H28. The molecule has 0 rings (SSSR count). The summed E-state index contributed by atoms with van der Waals surface area (Å²) in [5, 5.41) is 0. The zero-order chi connectivity index (χ0) is 11.1. The van der Waals surface area contributed by atoms with Gasteiger partial charge in [0.15, 0.2) is 0 Å². The molecule has 0 aliphatic heterocycles. The fourth-order valence-corrected chi connectivity index (χ4v) is 0.501. The lowest BCUT2D eigenvalue weighted by molar-refractivity contribution is 0.832.